The summed E-state index contributed by atoms with van der Waals surface area (Å²) in [5.74, 6) is 0.325. The number of aryl methyl sites for hydroxylation is 1. The van der Waals surface area contributed by atoms with Gasteiger partial charge in [-0.25, -0.2) is 18.1 Å². The van der Waals surface area contributed by atoms with E-state index >= 15 is 0 Å². The number of hydrogen-bond acceptors (Lipinski definition) is 5. The Bertz CT molecular complexity index is 725. The van der Waals surface area contributed by atoms with E-state index in [2.05, 4.69) is 10.1 Å². The first-order valence-corrected chi connectivity index (χ1v) is 7.62. The van der Waals surface area contributed by atoms with Crippen LogP contribution in [0.2, 0.25) is 5.02 Å². The molecule has 0 aliphatic carbocycles. The van der Waals surface area contributed by atoms with Crippen molar-refractivity contribution in [2.75, 3.05) is 6.26 Å². The second-order valence-corrected chi connectivity index (χ2v) is 6.51. The molecular formula is C11H12ClN3O3S. The van der Waals surface area contributed by atoms with E-state index in [9.17, 15) is 8.42 Å². The summed E-state index contributed by atoms with van der Waals surface area (Å²) in [7, 11) is -3.32. The molecular weight excluding hydrogens is 290 g/mol. The van der Waals surface area contributed by atoms with Crippen molar-refractivity contribution in [2.24, 2.45) is 0 Å². The largest absolute Gasteiger partial charge is 0.392 e. The summed E-state index contributed by atoms with van der Waals surface area (Å²) >= 11 is 6.05. The molecule has 0 saturated heterocycles. The molecule has 1 N–H and O–H groups in total. The zero-order valence-electron chi connectivity index (χ0n) is 10.3. The minimum Gasteiger partial charge on any atom is -0.392 e. The van der Waals surface area contributed by atoms with Crippen molar-refractivity contribution in [1.29, 1.82) is 0 Å². The monoisotopic (exact) mass is 301 g/mol. The van der Waals surface area contributed by atoms with Gasteiger partial charge >= 0.3 is 0 Å². The zero-order valence-corrected chi connectivity index (χ0v) is 11.9. The van der Waals surface area contributed by atoms with E-state index in [1.165, 1.54) is 17.1 Å². The van der Waals surface area contributed by atoms with Gasteiger partial charge < -0.3 is 5.11 Å². The number of aliphatic hydroxyl groups excluding tert-OH is 1. The lowest BCUT2D eigenvalue weighted by Gasteiger charge is -2.08. The minimum atomic E-state index is -3.32. The van der Waals surface area contributed by atoms with Crippen LogP contribution in [0.5, 0.6) is 0 Å². The summed E-state index contributed by atoms with van der Waals surface area (Å²) in [6.45, 7) is 1.57. The van der Waals surface area contributed by atoms with Gasteiger partial charge in [0.1, 0.15) is 4.90 Å². The summed E-state index contributed by atoms with van der Waals surface area (Å²) < 4.78 is 24.1. The van der Waals surface area contributed by atoms with Gasteiger partial charge in [0, 0.05) is 17.5 Å². The number of nitrogens with zero attached hydrogens (tertiary/aromatic N) is 3. The van der Waals surface area contributed by atoms with Gasteiger partial charge in [-0.3, -0.25) is 0 Å². The molecule has 0 amide bonds. The molecule has 8 heteroatoms. The van der Waals surface area contributed by atoms with Crippen LogP contribution < -0.4 is 0 Å². The highest BCUT2D eigenvalue weighted by molar-refractivity contribution is 7.90. The molecule has 6 nitrogen and oxygen atoms in total. The van der Waals surface area contributed by atoms with Crippen LogP contribution in [-0.2, 0) is 16.4 Å². The summed E-state index contributed by atoms with van der Waals surface area (Å²) in [6, 6.07) is 1.58. The molecule has 2 heterocycles. The predicted molar refractivity (Wildman–Crippen MR) is 70.1 cm³/mol. The number of rotatable bonds is 3. The normalized spacial score (nSPS) is 11.8. The topological polar surface area (TPSA) is 85.1 Å². The maximum atomic E-state index is 11.4. The van der Waals surface area contributed by atoms with Crippen molar-refractivity contribution in [3.05, 3.63) is 34.7 Å². The van der Waals surface area contributed by atoms with Crippen LogP contribution >= 0.6 is 11.6 Å². The molecule has 19 heavy (non-hydrogen) atoms. The van der Waals surface area contributed by atoms with E-state index in [-0.39, 0.29) is 16.5 Å². The van der Waals surface area contributed by atoms with Crippen LogP contribution in [0.15, 0.2) is 23.4 Å². The van der Waals surface area contributed by atoms with Crippen molar-refractivity contribution in [2.45, 2.75) is 18.4 Å². The van der Waals surface area contributed by atoms with Crippen LogP contribution in [0.4, 0.5) is 0 Å². The Balaban J connectivity index is 2.54. The second-order valence-electron chi connectivity index (χ2n) is 4.09. The van der Waals surface area contributed by atoms with Crippen molar-refractivity contribution >= 4 is 21.4 Å². The van der Waals surface area contributed by atoms with Crippen LogP contribution in [0, 0.1) is 6.92 Å². The van der Waals surface area contributed by atoms with E-state index in [0.717, 1.165) is 6.26 Å². The lowest BCUT2D eigenvalue weighted by atomic mass is 10.2. The highest BCUT2D eigenvalue weighted by Crippen LogP contribution is 2.22. The van der Waals surface area contributed by atoms with Gasteiger partial charge in [-0.2, -0.15) is 5.10 Å². The first-order chi connectivity index (χ1) is 8.82. The summed E-state index contributed by atoms with van der Waals surface area (Å²) in [5.41, 5.74) is 1.22. The molecule has 0 radical (unpaired) electrons. The maximum Gasteiger partial charge on any atom is 0.178 e. The van der Waals surface area contributed by atoms with Gasteiger partial charge in [-0.15, -0.1) is 0 Å². The Kier molecular flexibility index (Phi) is 3.62. The first kappa shape index (κ1) is 14.0. The molecule has 0 saturated carbocycles. The lowest BCUT2D eigenvalue weighted by molar-refractivity contribution is 0.280. The maximum absolute atomic E-state index is 11.4. The molecule has 2 aromatic heterocycles. The Hall–Kier alpha value is -1.44. The van der Waals surface area contributed by atoms with Crippen LogP contribution in [0.3, 0.4) is 0 Å². The van der Waals surface area contributed by atoms with Crippen molar-refractivity contribution in [3.63, 3.8) is 0 Å². The first-order valence-electron chi connectivity index (χ1n) is 5.35. The minimum absolute atomic E-state index is 0.0919. The Labute approximate surface area is 115 Å². The third-order valence-electron chi connectivity index (χ3n) is 2.63. The van der Waals surface area contributed by atoms with Crippen molar-refractivity contribution < 1.29 is 13.5 Å². The average molecular weight is 302 g/mol. The molecule has 0 fully saturated rings. The molecule has 2 aromatic rings. The predicted octanol–water partition coefficient (Wildman–Crippen LogP) is 1.12. The number of aromatic nitrogens is 3. The SMILES string of the molecule is Cc1nc(-n2cc(S(C)(=O)=O)cn2)c(Cl)cc1CO. The Morgan fingerprint density at radius 3 is 2.68 bits per heavy atom. The van der Waals surface area contributed by atoms with E-state index in [0.29, 0.717) is 17.1 Å². The van der Waals surface area contributed by atoms with Crippen LogP contribution in [-0.4, -0.2) is 34.5 Å². The number of aliphatic hydroxyl groups is 1. The fourth-order valence-electron chi connectivity index (χ4n) is 1.54. The second kappa shape index (κ2) is 4.92. The average Bonchev–Trinajstić information content (AvgIpc) is 2.80. The zero-order chi connectivity index (χ0) is 14.2. The molecule has 0 bridgehead atoms. The smallest absolute Gasteiger partial charge is 0.178 e. The van der Waals surface area contributed by atoms with E-state index < -0.39 is 9.84 Å². The lowest BCUT2D eigenvalue weighted by Crippen LogP contribution is -2.03. The molecule has 2 rings (SSSR count). The number of pyridine rings is 1. The highest BCUT2D eigenvalue weighted by Gasteiger charge is 2.14. The summed E-state index contributed by atoms with van der Waals surface area (Å²) in [6.07, 6.45) is 3.69. The molecule has 0 spiro atoms. The Morgan fingerprint density at radius 1 is 1.47 bits per heavy atom. The number of sulfone groups is 1. The van der Waals surface area contributed by atoms with Gasteiger partial charge in [0.05, 0.1) is 24.0 Å². The standard InChI is InChI=1S/C11H12ClN3O3S/c1-7-8(6-16)3-10(12)11(14-7)15-5-9(4-13-15)19(2,17)18/h3-5,16H,6H2,1-2H3. The van der Waals surface area contributed by atoms with Crippen LogP contribution in [0.25, 0.3) is 5.82 Å². The van der Waals surface area contributed by atoms with E-state index in [4.69, 9.17) is 16.7 Å². The number of halogens is 1. The molecule has 0 unspecified atom stereocenters. The van der Waals surface area contributed by atoms with Crippen molar-refractivity contribution in [1.82, 2.24) is 14.8 Å². The quantitative estimate of drug-likeness (QED) is 0.918. The fourth-order valence-corrected chi connectivity index (χ4v) is 2.33. The fraction of sp³-hybridized carbons (Fsp3) is 0.273. The van der Waals surface area contributed by atoms with Gasteiger partial charge in [-0.05, 0) is 13.0 Å². The van der Waals surface area contributed by atoms with E-state index in [1.807, 2.05) is 0 Å². The highest BCUT2D eigenvalue weighted by atomic mass is 35.5. The molecule has 102 valence electrons. The molecule has 0 aliphatic rings. The van der Waals surface area contributed by atoms with Crippen LogP contribution in [0.1, 0.15) is 11.3 Å². The van der Waals surface area contributed by atoms with Gasteiger partial charge in [0.25, 0.3) is 0 Å². The Morgan fingerprint density at radius 2 is 2.16 bits per heavy atom. The summed E-state index contributed by atoms with van der Waals surface area (Å²) in [5, 5.41) is 13.3. The van der Waals surface area contributed by atoms with E-state index in [1.54, 1.807) is 13.0 Å². The molecule has 0 aliphatic heterocycles. The number of hydrogen-bond donors (Lipinski definition) is 1. The molecule has 0 aromatic carbocycles. The molecule has 0 atom stereocenters. The van der Waals surface area contributed by atoms with Gasteiger partial charge in [0.15, 0.2) is 15.7 Å². The third kappa shape index (κ3) is 2.78. The summed E-state index contributed by atoms with van der Waals surface area (Å²) in [4.78, 5) is 4.31. The van der Waals surface area contributed by atoms with Crippen molar-refractivity contribution in [3.8, 4) is 5.82 Å². The third-order valence-corrected chi connectivity index (χ3v) is 3.97. The van der Waals surface area contributed by atoms with Gasteiger partial charge in [0.2, 0.25) is 0 Å². The van der Waals surface area contributed by atoms with Gasteiger partial charge in [-0.1, -0.05) is 11.6 Å².